The fourth-order valence-corrected chi connectivity index (χ4v) is 5.11. The molecular formula is C31H35FO. The maximum absolute atomic E-state index is 15.0. The number of hydrogen-bond donors (Lipinski definition) is 0. The molecule has 0 N–H and O–H groups in total. The van der Waals surface area contributed by atoms with E-state index in [-0.39, 0.29) is 5.82 Å². The Morgan fingerprint density at radius 3 is 2.15 bits per heavy atom. The van der Waals surface area contributed by atoms with Crippen molar-refractivity contribution in [3.05, 3.63) is 95.8 Å². The normalized spacial score (nSPS) is 18.6. The van der Waals surface area contributed by atoms with Crippen molar-refractivity contribution in [2.45, 2.75) is 58.0 Å². The van der Waals surface area contributed by atoms with Gasteiger partial charge in [-0.05, 0) is 91.2 Å². The molecule has 0 bridgehead atoms. The molecule has 0 unspecified atom stereocenters. The fourth-order valence-electron chi connectivity index (χ4n) is 5.11. The highest BCUT2D eigenvalue weighted by molar-refractivity contribution is 5.71. The van der Waals surface area contributed by atoms with Crippen LogP contribution in [0.5, 0.6) is 0 Å². The molecular weight excluding hydrogens is 407 g/mol. The zero-order valence-corrected chi connectivity index (χ0v) is 19.9. The molecule has 4 rings (SSSR count). The minimum absolute atomic E-state index is 0.178. The van der Waals surface area contributed by atoms with Gasteiger partial charge in [-0.15, -0.1) is 0 Å². The average Bonchev–Trinajstić information content (AvgIpc) is 2.85. The summed E-state index contributed by atoms with van der Waals surface area (Å²) in [6, 6.07) is 22.2. The first-order chi connectivity index (χ1) is 16.2. The van der Waals surface area contributed by atoms with Crippen molar-refractivity contribution in [1.82, 2.24) is 0 Å². The van der Waals surface area contributed by atoms with Gasteiger partial charge in [0.1, 0.15) is 5.82 Å². The second-order valence-corrected chi connectivity index (χ2v) is 9.31. The molecule has 2 heteroatoms. The summed E-state index contributed by atoms with van der Waals surface area (Å²) in [5.41, 5.74) is 6.02. The standard InChI is InChI=1S/C31H35FO/c1-3-4-5-6-23-7-11-25(12-8-23)26-15-17-28(18-16-26)30-20-19-29(21-31(30)32)27-13-9-24(10-14-27)22-33-2/h3-4,9-10,13-21,23,25H,5-8,11-12,22H2,1-2H3. The Morgan fingerprint density at radius 1 is 0.848 bits per heavy atom. The van der Waals surface area contributed by atoms with Crippen molar-refractivity contribution < 1.29 is 9.13 Å². The Balaban J connectivity index is 1.40. The summed E-state index contributed by atoms with van der Waals surface area (Å²) in [6.45, 7) is 2.69. The van der Waals surface area contributed by atoms with E-state index in [1.54, 1.807) is 13.2 Å². The van der Waals surface area contributed by atoms with Gasteiger partial charge in [-0.25, -0.2) is 4.39 Å². The predicted octanol–water partition coefficient (Wildman–Crippen LogP) is 8.94. The maximum atomic E-state index is 15.0. The van der Waals surface area contributed by atoms with Crippen LogP contribution < -0.4 is 0 Å². The lowest BCUT2D eigenvalue weighted by Gasteiger charge is -2.28. The molecule has 33 heavy (non-hydrogen) atoms. The first kappa shape index (κ1) is 23.4. The number of rotatable bonds is 8. The van der Waals surface area contributed by atoms with Gasteiger partial charge >= 0.3 is 0 Å². The quantitative estimate of drug-likeness (QED) is 0.316. The van der Waals surface area contributed by atoms with E-state index in [1.165, 1.54) is 44.1 Å². The molecule has 0 spiro atoms. The van der Waals surface area contributed by atoms with E-state index in [4.69, 9.17) is 4.74 Å². The topological polar surface area (TPSA) is 9.23 Å². The number of hydrogen-bond acceptors (Lipinski definition) is 1. The van der Waals surface area contributed by atoms with Crippen molar-refractivity contribution in [1.29, 1.82) is 0 Å². The van der Waals surface area contributed by atoms with Crippen LogP contribution in [0.1, 0.15) is 62.5 Å². The molecule has 0 amide bonds. The summed E-state index contributed by atoms with van der Waals surface area (Å²) in [4.78, 5) is 0. The molecule has 0 saturated heterocycles. The van der Waals surface area contributed by atoms with Crippen LogP contribution in [-0.4, -0.2) is 7.11 Å². The lowest BCUT2D eigenvalue weighted by atomic mass is 9.77. The molecule has 172 valence electrons. The molecule has 1 aliphatic rings. The molecule has 0 aliphatic heterocycles. The molecule has 3 aromatic carbocycles. The summed E-state index contributed by atoms with van der Waals surface area (Å²) in [6.07, 6.45) is 12.2. The second kappa shape index (κ2) is 11.4. The van der Waals surface area contributed by atoms with E-state index in [0.717, 1.165) is 28.2 Å². The number of halogens is 1. The number of ether oxygens (including phenoxy) is 1. The van der Waals surface area contributed by atoms with Crippen molar-refractivity contribution in [2.75, 3.05) is 7.11 Å². The lowest BCUT2D eigenvalue weighted by molar-refractivity contribution is 0.185. The molecule has 1 saturated carbocycles. The average molecular weight is 443 g/mol. The third kappa shape index (κ3) is 6.00. The smallest absolute Gasteiger partial charge is 0.131 e. The van der Waals surface area contributed by atoms with E-state index in [9.17, 15) is 0 Å². The van der Waals surface area contributed by atoms with Crippen LogP contribution in [0, 0.1) is 11.7 Å². The SMILES string of the molecule is CC=CCCC1CCC(c2ccc(-c3ccc(-c4ccc(COC)cc4)cc3F)cc2)CC1. The van der Waals surface area contributed by atoms with Crippen LogP contribution >= 0.6 is 0 Å². The minimum atomic E-state index is -0.178. The van der Waals surface area contributed by atoms with Crippen molar-refractivity contribution >= 4 is 0 Å². The molecule has 0 atom stereocenters. The first-order valence-corrected chi connectivity index (χ1v) is 12.3. The first-order valence-electron chi connectivity index (χ1n) is 12.3. The zero-order chi connectivity index (χ0) is 23.0. The van der Waals surface area contributed by atoms with Gasteiger partial charge in [0.2, 0.25) is 0 Å². The van der Waals surface area contributed by atoms with E-state index in [1.807, 2.05) is 36.4 Å². The summed E-state index contributed by atoms with van der Waals surface area (Å²) in [5.74, 6) is 1.34. The predicted molar refractivity (Wildman–Crippen MR) is 137 cm³/mol. The Labute approximate surface area is 198 Å². The number of allylic oxidation sites excluding steroid dienone is 2. The van der Waals surface area contributed by atoms with Crippen LogP contribution in [0.25, 0.3) is 22.3 Å². The number of methoxy groups -OCH3 is 1. The molecule has 1 fully saturated rings. The van der Waals surface area contributed by atoms with Crippen molar-refractivity contribution in [2.24, 2.45) is 5.92 Å². The van der Waals surface area contributed by atoms with E-state index in [0.29, 0.717) is 18.1 Å². The second-order valence-electron chi connectivity index (χ2n) is 9.31. The van der Waals surface area contributed by atoms with Crippen molar-refractivity contribution in [3.63, 3.8) is 0 Å². The molecule has 1 aliphatic carbocycles. The summed E-state index contributed by atoms with van der Waals surface area (Å²) >= 11 is 0. The summed E-state index contributed by atoms with van der Waals surface area (Å²) < 4.78 is 20.2. The zero-order valence-electron chi connectivity index (χ0n) is 19.9. The third-order valence-corrected chi connectivity index (χ3v) is 7.08. The van der Waals surface area contributed by atoms with Gasteiger partial charge in [-0.1, -0.05) is 72.8 Å². The molecule has 1 nitrogen and oxygen atoms in total. The fraction of sp³-hybridized carbons (Fsp3) is 0.355. The maximum Gasteiger partial charge on any atom is 0.131 e. The Hall–Kier alpha value is -2.71. The Bertz CT molecular complexity index is 1040. The van der Waals surface area contributed by atoms with Crippen LogP contribution in [0.4, 0.5) is 4.39 Å². The van der Waals surface area contributed by atoms with E-state index >= 15 is 4.39 Å². The van der Waals surface area contributed by atoms with Gasteiger partial charge in [0.05, 0.1) is 6.61 Å². The monoisotopic (exact) mass is 442 g/mol. The van der Waals surface area contributed by atoms with Crippen LogP contribution in [0.3, 0.4) is 0 Å². The van der Waals surface area contributed by atoms with Crippen LogP contribution in [-0.2, 0) is 11.3 Å². The molecule has 0 radical (unpaired) electrons. The van der Waals surface area contributed by atoms with Gasteiger partial charge in [-0.3, -0.25) is 0 Å². The minimum Gasteiger partial charge on any atom is -0.380 e. The Morgan fingerprint density at radius 2 is 1.52 bits per heavy atom. The highest BCUT2D eigenvalue weighted by Gasteiger charge is 2.22. The van der Waals surface area contributed by atoms with E-state index < -0.39 is 0 Å². The van der Waals surface area contributed by atoms with Gasteiger partial charge in [0, 0.05) is 12.7 Å². The lowest BCUT2D eigenvalue weighted by Crippen LogP contribution is -2.13. The van der Waals surface area contributed by atoms with Gasteiger partial charge in [0.15, 0.2) is 0 Å². The number of benzene rings is 3. The third-order valence-electron chi connectivity index (χ3n) is 7.08. The molecule has 3 aromatic rings. The summed E-state index contributed by atoms with van der Waals surface area (Å²) in [7, 11) is 1.69. The molecule has 0 aromatic heterocycles. The van der Waals surface area contributed by atoms with Gasteiger partial charge in [-0.2, -0.15) is 0 Å². The highest BCUT2D eigenvalue weighted by atomic mass is 19.1. The van der Waals surface area contributed by atoms with Crippen molar-refractivity contribution in [3.8, 4) is 22.3 Å². The largest absolute Gasteiger partial charge is 0.380 e. The summed E-state index contributed by atoms with van der Waals surface area (Å²) in [5, 5.41) is 0. The Kier molecular flexibility index (Phi) is 8.12. The van der Waals surface area contributed by atoms with Gasteiger partial charge in [0.25, 0.3) is 0 Å². The van der Waals surface area contributed by atoms with Crippen LogP contribution in [0.15, 0.2) is 78.9 Å². The highest BCUT2D eigenvalue weighted by Crippen LogP contribution is 2.38. The van der Waals surface area contributed by atoms with E-state index in [2.05, 4.69) is 43.3 Å². The molecule has 0 heterocycles. The van der Waals surface area contributed by atoms with Crippen LogP contribution in [0.2, 0.25) is 0 Å². The van der Waals surface area contributed by atoms with Gasteiger partial charge < -0.3 is 4.74 Å².